The second-order valence-electron chi connectivity index (χ2n) is 9.54. The standard InChI is InChI=1S/C31H38FN3O5S/c1-4-6-21-33-31(37)24(3)34(22-20-25-10-8-7-9-11-25)30(36)23-35(27-14-12-26(32)13-15-27)41(38,39)29-18-16-28(17-19-29)40-5-2/h7-19,24H,4-6,20-23H2,1-3H3,(H,33,37)/t24-/m1/s1. The van der Waals surface area contributed by atoms with Crippen LogP contribution >= 0.6 is 0 Å². The van der Waals surface area contributed by atoms with Crippen molar-refractivity contribution in [3.63, 3.8) is 0 Å². The lowest BCUT2D eigenvalue weighted by Crippen LogP contribution is -2.52. The van der Waals surface area contributed by atoms with E-state index in [1.807, 2.05) is 44.2 Å². The van der Waals surface area contributed by atoms with Gasteiger partial charge in [-0.3, -0.25) is 13.9 Å². The smallest absolute Gasteiger partial charge is 0.264 e. The maximum atomic E-state index is 13.9. The molecule has 0 fully saturated rings. The summed E-state index contributed by atoms with van der Waals surface area (Å²) in [7, 11) is -4.25. The molecule has 0 unspecified atom stereocenters. The van der Waals surface area contributed by atoms with E-state index in [0.29, 0.717) is 25.3 Å². The van der Waals surface area contributed by atoms with E-state index in [1.165, 1.54) is 41.3 Å². The van der Waals surface area contributed by atoms with Crippen LogP contribution in [0.15, 0.2) is 83.8 Å². The number of ether oxygens (including phenoxy) is 1. The van der Waals surface area contributed by atoms with Gasteiger partial charge in [0.25, 0.3) is 10.0 Å². The minimum Gasteiger partial charge on any atom is -0.494 e. The summed E-state index contributed by atoms with van der Waals surface area (Å²) in [5.41, 5.74) is 1.10. The Morgan fingerprint density at radius 3 is 2.22 bits per heavy atom. The molecule has 2 amide bonds. The van der Waals surface area contributed by atoms with Crippen molar-refractivity contribution < 1.29 is 27.1 Å². The molecule has 0 heterocycles. The number of halogens is 1. The number of anilines is 1. The van der Waals surface area contributed by atoms with Crippen LogP contribution in [-0.4, -0.2) is 57.4 Å². The number of amides is 2. The molecule has 3 aromatic carbocycles. The van der Waals surface area contributed by atoms with Gasteiger partial charge in [-0.2, -0.15) is 0 Å². The number of unbranched alkanes of at least 4 members (excludes halogenated alkanes) is 1. The van der Waals surface area contributed by atoms with Crippen LogP contribution < -0.4 is 14.4 Å². The van der Waals surface area contributed by atoms with Crippen molar-refractivity contribution in [2.24, 2.45) is 0 Å². The van der Waals surface area contributed by atoms with Crippen molar-refractivity contribution in [2.75, 3.05) is 30.5 Å². The zero-order valence-corrected chi connectivity index (χ0v) is 24.6. The predicted octanol–water partition coefficient (Wildman–Crippen LogP) is 4.80. The fourth-order valence-corrected chi connectivity index (χ4v) is 5.66. The van der Waals surface area contributed by atoms with Gasteiger partial charge in [0, 0.05) is 13.1 Å². The van der Waals surface area contributed by atoms with Gasteiger partial charge in [-0.15, -0.1) is 0 Å². The highest BCUT2D eigenvalue weighted by molar-refractivity contribution is 7.92. The van der Waals surface area contributed by atoms with E-state index >= 15 is 0 Å². The summed E-state index contributed by atoms with van der Waals surface area (Å²) >= 11 is 0. The van der Waals surface area contributed by atoms with Crippen molar-refractivity contribution in [2.45, 2.75) is 51.0 Å². The Kier molecular flexibility index (Phi) is 11.7. The van der Waals surface area contributed by atoms with Crippen LogP contribution in [0.3, 0.4) is 0 Å². The Labute approximate surface area is 242 Å². The van der Waals surface area contributed by atoms with Crippen molar-refractivity contribution in [3.05, 3.63) is 90.2 Å². The lowest BCUT2D eigenvalue weighted by Gasteiger charge is -2.32. The Morgan fingerprint density at radius 1 is 0.951 bits per heavy atom. The molecule has 0 saturated carbocycles. The third-order valence-corrected chi connectivity index (χ3v) is 8.39. The van der Waals surface area contributed by atoms with Gasteiger partial charge in [0.2, 0.25) is 11.8 Å². The van der Waals surface area contributed by atoms with Crippen molar-refractivity contribution in [1.82, 2.24) is 10.2 Å². The summed E-state index contributed by atoms with van der Waals surface area (Å²) in [6.07, 6.45) is 2.18. The van der Waals surface area contributed by atoms with E-state index in [9.17, 15) is 22.4 Å². The molecule has 220 valence electrons. The van der Waals surface area contributed by atoms with Crippen molar-refractivity contribution in [1.29, 1.82) is 0 Å². The van der Waals surface area contributed by atoms with Gasteiger partial charge in [0.1, 0.15) is 24.2 Å². The van der Waals surface area contributed by atoms with E-state index in [-0.39, 0.29) is 23.0 Å². The third-order valence-electron chi connectivity index (χ3n) is 6.60. The molecule has 0 bridgehead atoms. The molecule has 0 aliphatic heterocycles. The maximum Gasteiger partial charge on any atom is 0.264 e. The largest absolute Gasteiger partial charge is 0.494 e. The molecule has 0 aliphatic carbocycles. The van der Waals surface area contributed by atoms with E-state index in [1.54, 1.807) is 6.92 Å². The first-order valence-electron chi connectivity index (χ1n) is 13.8. The maximum absolute atomic E-state index is 13.9. The number of benzene rings is 3. The first kappa shape index (κ1) is 31.6. The Hall–Kier alpha value is -3.92. The lowest BCUT2D eigenvalue weighted by molar-refractivity contribution is -0.138. The minimum absolute atomic E-state index is 0.0562. The molecule has 0 saturated heterocycles. The molecule has 8 nitrogen and oxygen atoms in total. The second-order valence-corrected chi connectivity index (χ2v) is 11.4. The average Bonchev–Trinajstić information content (AvgIpc) is 2.97. The summed E-state index contributed by atoms with van der Waals surface area (Å²) in [5, 5.41) is 2.86. The number of nitrogens with zero attached hydrogens (tertiary/aromatic N) is 2. The number of nitrogens with one attached hydrogen (secondary N) is 1. The van der Waals surface area contributed by atoms with Crippen LogP contribution in [0.5, 0.6) is 5.75 Å². The number of sulfonamides is 1. The van der Waals surface area contributed by atoms with E-state index < -0.39 is 34.3 Å². The average molecular weight is 584 g/mol. The van der Waals surface area contributed by atoms with Crippen LogP contribution in [-0.2, 0) is 26.0 Å². The molecule has 0 aromatic heterocycles. The fourth-order valence-electron chi connectivity index (χ4n) is 4.24. The minimum atomic E-state index is -4.25. The molecule has 41 heavy (non-hydrogen) atoms. The Morgan fingerprint density at radius 2 is 1.61 bits per heavy atom. The predicted molar refractivity (Wildman–Crippen MR) is 158 cm³/mol. The number of hydrogen-bond donors (Lipinski definition) is 1. The number of rotatable bonds is 15. The third kappa shape index (κ3) is 8.78. The van der Waals surface area contributed by atoms with Crippen molar-refractivity contribution >= 4 is 27.5 Å². The Balaban J connectivity index is 1.94. The summed E-state index contributed by atoms with van der Waals surface area (Å²) in [6.45, 7) is 5.99. The van der Waals surface area contributed by atoms with Gasteiger partial charge in [-0.05, 0) is 80.8 Å². The van der Waals surface area contributed by atoms with Crippen LogP contribution in [0.25, 0.3) is 0 Å². The second kappa shape index (κ2) is 15.2. The highest BCUT2D eigenvalue weighted by Crippen LogP contribution is 2.26. The SMILES string of the molecule is CCCCNC(=O)[C@@H](C)N(CCc1ccccc1)C(=O)CN(c1ccc(F)cc1)S(=O)(=O)c1ccc(OCC)cc1. The molecular weight excluding hydrogens is 545 g/mol. The summed E-state index contributed by atoms with van der Waals surface area (Å²) < 4.78 is 47.8. The van der Waals surface area contributed by atoms with Gasteiger partial charge in [0.15, 0.2) is 0 Å². The Bertz CT molecular complexity index is 1370. The summed E-state index contributed by atoms with van der Waals surface area (Å²) in [4.78, 5) is 28.2. The lowest BCUT2D eigenvalue weighted by atomic mass is 10.1. The first-order chi connectivity index (χ1) is 19.7. The van der Waals surface area contributed by atoms with E-state index in [0.717, 1.165) is 34.8 Å². The quantitative estimate of drug-likeness (QED) is 0.260. The van der Waals surface area contributed by atoms with Gasteiger partial charge < -0.3 is 15.0 Å². The van der Waals surface area contributed by atoms with Gasteiger partial charge in [-0.25, -0.2) is 12.8 Å². The monoisotopic (exact) mass is 583 g/mol. The van der Waals surface area contributed by atoms with Crippen LogP contribution in [0.2, 0.25) is 0 Å². The van der Waals surface area contributed by atoms with Crippen LogP contribution in [0.4, 0.5) is 10.1 Å². The van der Waals surface area contributed by atoms with Gasteiger partial charge >= 0.3 is 0 Å². The topological polar surface area (TPSA) is 96.0 Å². The molecule has 3 rings (SSSR count). The highest BCUT2D eigenvalue weighted by Gasteiger charge is 2.32. The van der Waals surface area contributed by atoms with Crippen LogP contribution in [0.1, 0.15) is 39.2 Å². The van der Waals surface area contributed by atoms with Crippen molar-refractivity contribution in [3.8, 4) is 5.75 Å². The zero-order chi connectivity index (χ0) is 29.8. The molecule has 10 heteroatoms. The van der Waals surface area contributed by atoms with E-state index in [2.05, 4.69) is 5.32 Å². The molecule has 0 spiro atoms. The number of hydrogen-bond acceptors (Lipinski definition) is 5. The van der Waals surface area contributed by atoms with E-state index in [4.69, 9.17) is 4.74 Å². The zero-order valence-electron chi connectivity index (χ0n) is 23.8. The first-order valence-corrected chi connectivity index (χ1v) is 15.2. The molecule has 1 N–H and O–H groups in total. The molecular formula is C31H38FN3O5S. The molecule has 0 aliphatic rings. The van der Waals surface area contributed by atoms with Gasteiger partial charge in [-0.1, -0.05) is 43.7 Å². The summed E-state index contributed by atoms with van der Waals surface area (Å²) in [6, 6.07) is 19.5. The normalized spacial score (nSPS) is 11.9. The molecule has 0 radical (unpaired) electrons. The molecule has 3 aromatic rings. The summed E-state index contributed by atoms with van der Waals surface area (Å²) in [5.74, 6) is -0.910. The number of carbonyl (C=O) groups is 2. The highest BCUT2D eigenvalue weighted by atomic mass is 32.2. The van der Waals surface area contributed by atoms with Gasteiger partial charge in [0.05, 0.1) is 17.2 Å². The fraction of sp³-hybridized carbons (Fsp3) is 0.355. The molecule has 1 atom stereocenters. The number of carbonyl (C=O) groups excluding carboxylic acids is 2. The van der Waals surface area contributed by atoms with Crippen LogP contribution in [0, 0.1) is 5.82 Å².